The maximum absolute atomic E-state index is 13.5. The van der Waals surface area contributed by atoms with Gasteiger partial charge in [0, 0.05) is 31.2 Å². The molecule has 0 radical (unpaired) electrons. The minimum Gasteiger partial charge on any atom is -0.380 e. The van der Waals surface area contributed by atoms with Gasteiger partial charge in [-0.3, -0.25) is 4.79 Å². The Morgan fingerprint density at radius 2 is 2.33 bits per heavy atom. The number of nitrogens with one attached hydrogen (secondary N) is 2. The van der Waals surface area contributed by atoms with E-state index in [0.29, 0.717) is 18.2 Å². The molecular weight excluding hydrogens is 271 g/mol. The topological polar surface area (TPSA) is 50.4 Å². The average Bonchev–Trinajstić information content (AvgIpc) is 2.48. The SMILES string of the molecule is COCc1cc(CNC(=O)[C@H]2CCN[C@@H](C)C2)ccc1F. The Morgan fingerprint density at radius 1 is 1.52 bits per heavy atom. The molecule has 5 heteroatoms. The molecule has 21 heavy (non-hydrogen) atoms. The highest BCUT2D eigenvalue weighted by Crippen LogP contribution is 2.17. The van der Waals surface area contributed by atoms with E-state index in [4.69, 9.17) is 4.74 Å². The number of hydrogen-bond donors (Lipinski definition) is 2. The third-order valence-corrected chi connectivity index (χ3v) is 3.87. The summed E-state index contributed by atoms with van der Waals surface area (Å²) in [5.41, 5.74) is 1.40. The number of hydrogen-bond acceptors (Lipinski definition) is 3. The Bertz CT molecular complexity index is 493. The van der Waals surface area contributed by atoms with Crippen molar-refractivity contribution in [2.75, 3.05) is 13.7 Å². The van der Waals surface area contributed by atoms with Gasteiger partial charge in [0.2, 0.25) is 5.91 Å². The van der Waals surface area contributed by atoms with Gasteiger partial charge in [0.05, 0.1) is 6.61 Å². The monoisotopic (exact) mass is 294 g/mol. The molecular formula is C16H23FN2O2. The first-order chi connectivity index (χ1) is 10.1. The molecule has 2 rings (SSSR count). The summed E-state index contributed by atoms with van der Waals surface area (Å²) in [5.74, 6) is -0.125. The van der Waals surface area contributed by atoms with Gasteiger partial charge in [-0.05, 0) is 44.0 Å². The number of rotatable bonds is 5. The first-order valence-electron chi connectivity index (χ1n) is 7.37. The van der Waals surface area contributed by atoms with Crippen molar-refractivity contribution >= 4 is 5.91 Å². The summed E-state index contributed by atoms with van der Waals surface area (Å²) in [7, 11) is 1.53. The van der Waals surface area contributed by atoms with Crippen LogP contribution in [-0.4, -0.2) is 25.6 Å². The maximum atomic E-state index is 13.5. The second-order valence-corrected chi connectivity index (χ2v) is 5.65. The minimum absolute atomic E-state index is 0.0696. The van der Waals surface area contributed by atoms with Gasteiger partial charge in [-0.15, -0.1) is 0 Å². The molecule has 0 spiro atoms. The Balaban J connectivity index is 1.90. The van der Waals surface area contributed by atoms with E-state index < -0.39 is 0 Å². The van der Waals surface area contributed by atoms with E-state index in [9.17, 15) is 9.18 Å². The lowest BCUT2D eigenvalue weighted by atomic mass is 9.92. The fourth-order valence-electron chi connectivity index (χ4n) is 2.71. The smallest absolute Gasteiger partial charge is 0.223 e. The molecule has 116 valence electrons. The number of carbonyl (C=O) groups excluding carboxylic acids is 1. The van der Waals surface area contributed by atoms with Gasteiger partial charge in [-0.25, -0.2) is 4.39 Å². The third-order valence-electron chi connectivity index (χ3n) is 3.87. The van der Waals surface area contributed by atoms with E-state index in [0.717, 1.165) is 24.9 Å². The van der Waals surface area contributed by atoms with Crippen LogP contribution in [0.5, 0.6) is 0 Å². The lowest BCUT2D eigenvalue weighted by Gasteiger charge is -2.27. The summed E-state index contributed by atoms with van der Waals surface area (Å²) in [6.07, 6.45) is 1.73. The van der Waals surface area contributed by atoms with Crippen LogP contribution in [0.1, 0.15) is 30.9 Å². The highest BCUT2D eigenvalue weighted by Gasteiger charge is 2.24. The van der Waals surface area contributed by atoms with E-state index in [1.54, 1.807) is 12.1 Å². The Morgan fingerprint density at radius 3 is 3.05 bits per heavy atom. The van der Waals surface area contributed by atoms with Crippen molar-refractivity contribution in [1.82, 2.24) is 10.6 Å². The molecule has 1 saturated heterocycles. The van der Waals surface area contributed by atoms with E-state index >= 15 is 0 Å². The van der Waals surface area contributed by atoms with Crippen LogP contribution in [-0.2, 0) is 22.7 Å². The lowest BCUT2D eigenvalue weighted by Crippen LogP contribution is -2.42. The molecule has 4 nitrogen and oxygen atoms in total. The summed E-state index contributed by atoms with van der Waals surface area (Å²) in [6.45, 7) is 3.64. The highest BCUT2D eigenvalue weighted by atomic mass is 19.1. The van der Waals surface area contributed by atoms with Gasteiger partial charge in [-0.1, -0.05) is 6.07 Å². The predicted molar refractivity (Wildman–Crippen MR) is 79.1 cm³/mol. The van der Waals surface area contributed by atoms with E-state index in [1.165, 1.54) is 13.2 Å². The van der Waals surface area contributed by atoms with Crippen molar-refractivity contribution in [2.45, 2.75) is 39.0 Å². The molecule has 0 aliphatic carbocycles. The molecule has 1 fully saturated rings. The Labute approximate surface area is 125 Å². The second kappa shape index (κ2) is 7.52. The van der Waals surface area contributed by atoms with Crippen LogP contribution in [0.2, 0.25) is 0 Å². The van der Waals surface area contributed by atoms with Crippen LogP contribution in [0.25, 0.3) is 0 Å². The van der Waals surface area contributed by atoms with Crippen molar-refractivity contribution in [1.29, 1.82) is 0 Å². The van der Waals surface area contributed by atoms with E-state index in [-0.39, 0.29) is 24.2 Å². The summed E-state index contributed by atoms with van der Waals surface area (Å²) in [5, 5.41) is 6.28. The number of amides is 1. The molecule has 1 amide bonds. The summed E-state index contributed by atoms with van der Waals surface area (Å²) < 4.78 is 18.5. The van der Waals surface area contributed by atoms with Gasteiger partial charge in [0.1, 0.15) is 5.82 Å². The standard InChI is InChI=1S/C16H23FN2O2/c1-11-7-13(5-6-18-11)16(20)19-9-12-3-4-15(17)14(8-12)10-21-2/h3-4,8,11,13,18H,5-7,9-10H2,1-2H3,(H,19,20)/t11-,13-/m0/s1. The molecule has 0 aromatic heterocycles. The van der Waals surface area contributed by atoms with Gasteiger partial charge >= 0.3 is 0 Å². The zero-order chi connectivity index (χ0) is 15.2. The fraction of sp³-hybridized carbons (Fsp3) is 0.562. The first-order valence-corrected chi connectivity index (χ1v) is 7.37. The quantitative estimate of drug-likeness (QED) is 0.873. The molecule has 1 aromatic rings. The zero-order valence-electron chi connectivity index (χ0n) is 12.6. The van der Waals surface area contributed by atoms with Crippen LogP contribution in [0.4, 0.5) is 4.39 Å². The van der Waals surface area contributed by atoms with Crippen molar-refractivity contribution in [3.05, 3.63) is 35.1 Å². The first kappa shape index (κ1) is 15.9. The molecule has 1 heterocycles. The van der Waals surface area contributed by atoms with Crippen molar-refractivity contribution in [2.24, 2.45) is 5.92 Å². The summed E-state index contributed by atoms with van der Waals surface area (Å²) >= 11 is 0. The van der Waals surface area contributed by atoms with Crippen LogP contribution < -0.4 is 10.6 Å². The lowest BCUT2D eigenvalue weighted by molar-refractivity contribution is -0.126. The third kappa shape index (κ3) is 4.51. The van der Waals surface area contributed by atoms with Crippen molar-refractivity contribution in [3.8, 4) is 0 Å². The molecule has 1 aromatic carbocycles. The Kier molecular flexibility index (Phi) is 5.70. The average molecular weight is 294 g/mol. The van der Waals surface area contributed by atoms with Gasteiger partial charge in [-0.2, -0.15) is 0 Å². The van der Waals surface area contributed by atoms with Crippen LogP contribution in [0.3, 0.4) is 0 Å². The fourth-order valence-corrected chi connectivity index (χ4v) is 2.71. The normalized spacial score (nSPS) is 22.0. The van der Waals surface area contributed by atoms with Gasteiger partial charge in [0.15, 0.2) is 0 Å². The van der Waals surface area contributed by atoms with E-state index in [2.05, 4.69) is 17.6 Å². The molecule has 1 aliphatic rings. The van der Waals surface area contributed by atoms with Crippen molar-refractivity contribution in [3.63, 3.8) is 0 Å². The number of carbonyl (C=O) groups is 1. The van der Waals surface area contributed by atoms with Crippen LogP contribution in [0, 0.1) is 11.7 Å². The maximum Gasteiger partial charge on any atom is 0.223 e. The second-order valence-electron chi connectivity index (χ2n) is 5.65. The number of halogens is 1. The predicted octanol–water partition coefficient (Wildman–Crippen LogP) is 1.98. The molecule has 1 aliphatic heterocycles. The van der Waals surface area contributed by atoms with Gasteiger partial charge < -0.3 is 15.4 Å². The molecule has 0 bridgehead atoms. The molecule has 0 saturated carbocycles. The molecule has 0 unspecified atom stereocenters. The van der Waals surface area contributed by atoms with Crippen LogP contribution >= 0.6 is 0 Å². The summed E-state index contributed by atoms with van der Waals surface area (Å²) in [4.78, 5) is 12.2. The van der Waals surface area contributed by atoms with Crippen LogP contribution in [0.15, 0.2) is 18.2 Å². The number of methoxy groups -OCH3 is 1. The minimum atomic E-state index is -0.279. The molecule has 2 atom stereocenters. The van der Waals surface area contributed by atoms with Crippen molar-refractivity contribution < 1.29 is 13.9 Å². The Hall–Kier alpha value is -1.46. The van der Waals surface area contributed by atoms with Gasteiger partial charge in [0.25, 0.3) is 0 Å². The largest absolute Gasteiger partial charge is 0.380 e. The number of ether oxygens (including phenoxy) is 1. The number of piperidine rings is 1. The highest BCUT2D eigenvalue weighted by molar-refractivity contribution is 5.78. The summed E-state index contributed by atoms with van der Waals surface area (Å²) in [6, 6.07) is 5.24. The molecule has 2 N–H and O–H groups in total. The van der Waals surface area contributed by atoms with E-state index in [1.807, 2.05) is 0 Å². The number of benzene rings is 1. The zero-order valence-corrected chi connectivity index (χ0v) is 12.6.